The van der Waals surface area contributed by atoms with Gasteiger partial charge in [0.1, 0.15) is 24.1 Å². The van der Waals surface area contributed by atoms with Crippen molar-refractivity contribution < 1.29 is 27.5 Å². The van der Waals surface area contributed by atoms with Crippen LogP contribution < -0.4 is 19.1 Å². The molecule has 1 N–H and O–H groups in total. The lowest BCUT2D eigenvalue weighted by molar-refractivity contribution is -0.140. The Hall–Kier alpha value is -4.25. The molecular formula is C35H37Cl2N3O6S. The van der Waals surface area contributed by atoms with Crippen molar-refractivity contribution >= 4 is 50.7 Å². The van der Waals surface area contributed by atoms with Crippen LogP contribution in [0.3, 0.4) is 0 Å². The molecule has 12 heteroatoms. The lowest BCUT2D eigenvalue weighted by Gasteiger charge is -2.34. The van der Waals surface area contributed by atoms with Gasteiger partial charge in [-0.1, -0.05) is 77.8 Å². The van der Waals surface area contributed by atoms with Crippen LogP contribution in [0.1, 0.15) is 25.0 Å². The second-order valence-electron chi connectivity index (χ2n) is 11.0. The molecule has 0 fully saturated rings. The van der Waals surface area contributed by atoms with Crippen LogP contribution in [-0.4, -0.2) is 58.0 Å². The van der Waals surface area contributed by atoms with E-state index < -0.39 is 34.4 Å². The van der Waals surface area contributed by atoms with E-state index in [0.29, 0.717) is 21.4 Å². The van der Waals surface area contributed by atoms with E-state index in [2.05, 4.69) is 5.32 Å². The monoisotopic (exact) mass is 697 g/mol. The van der Waals surface area contributed by atoms with Gasteiger partial charge in [-0.05, 0) is 55.8 Å². The number of anilines is 1. The average Bonchev–Trinajstić information content (AvgIpc) is 3.06. The largest absolute Gasteiger partial charge is 0.497 e. The number of amides is 2. The fourth-order valence-electron chi connectivity index (χ4n) is 5.01. The Balaban J connectivity index is 1.89. The van der Waals surface area contributed by atoms with Crippen LogP contribution in [0.15, 0.2) is 102 Å². The van der Waals surface area contributed by atoms with E-state index in [4.69, 9.17) is 32.7 Å². The summed E-state index contributed by atoms with van der Waals surface area (Å²) < 4.78 is 40.5. The molecule has 4 aromatic carbocycles. The Kier molecular flexibility index (Phi) is 12.1. The summed E-state index contributed by atoms with van der Waals surface area (Å²) in [7, 11) is -1.51. The van der Waals surface area contributed by atoms with Crippen molar-refractivity contribution in [2.45, 2.75) is 43.8 Å². The number of nitrogens with one attached hydrogen (secondary N) is 1. The highest BCUT2D eigenvalue weighted by atomic mass is 35.5. The molecule has 0 aliphatic carbocycles. The minimum atomic E-state index is -4.36. The summed E-state index contributed by atoms with van der Waals surface area (Å²) in [5.74, 6) is -0.557. The molecule has 9 nitrogen and oxygen atoms in total. The molecule has 0 heterocycles. The molecule has 248 valence electrons. The number of carbonyl (C=O) groups is 2. The van der Waals surface area contributed by atoms with E-state index in [1.807, 2.05) is 44.2 Å². The minimum absolute atomic E-state index is 0.0447. The molecule has 4 rings (SSSR count). The smallest absolute Gasteiger partial charge is 0.264 e. The van der Waals surface area contributed by atoms with Crippen LogP contribution in [0, 0.1) is 0 Å². The summed E-state index contributed by atoms with van der Waals surface area (Å²) in [6, 6.07) is 25.3. The molecule has 0 bridgehead atoms. The lowest BCUT2D eigenvalue weighted by atomic mass is 10.0. The van der Waals surface area contributed by atoms with E-state index in [1.54, 1.807) is 48.5 Å². The van der Waals surface area contributed by atoms with Gasteiger partial charge in [-0.3, -0.25) is 13.9 Å². The van der Waals surface area contributed by atoms with Crippen LogP contribution in [0.4, 0.5) is 5.69 Å². The highest BCUT2D eigenvalue weighted by molar-refractivity contribution is 7.92. The van der Waals surface area contributed by atoms with E-state index in [0.717, 1.165) is 9.87 Å². The third-order valence-electron chi connectivity index (χ3n) is 7.36. The summed E-state index contributed by atoms with van der Waals surface area (Å²) in [5.41, 5.74) is 1.28. The van der Waals surface area contributed by atoms with Gasteiger partial charge in [0.05, 0.1) is 24.8 Å². The van der Waals surface area contributed by atoms with Crippen molar-refractivity contribution in [2.24, 2.45) is 0 Å². The Morgan fingerprint density at radius 3 is 2.02 bits per heavy atom. The van der Waals surface area contributed by atoms with Crippen molar-refractivity contribution in [2.75, 3.05) is 25.1 Å². The second kappa shape index (κ2) is 16.0. The van der Waals surface area contributed by atoms with Gasteiger partial charge in [-0.25, -0.2) is 8.42 Å². The van der Waals surface area contributed by atoms with Crippen LogP contribution >= 0.6 is 23.2 Å². The van der Waals surface area contributed by atoms with Crippen LogP contribution in [-0.2, 0) is 32.6 Å². The zero-order valence-electron chi connectivity index (χ0n) is 26.5. The molecular weight excluding hydrogens is 661 g/mol. The Bertz CT molecular complexity index is 1770. The third-order valence-corrected chi connectivity index (χ3v) is 9.84. The number of hydrogen-bond donors (Lipinski definition) is 1. The topological polar surface area (TPSA) is 105 Å². The Labute approximate surface area is 286 Å². The first-order valence-electron chi connectivity index (χ1n) is 14.8. The molecule has 0 saturated heterocycles. The number of ether oxygens (including phenoxy) is 2. The van der Waals surface area contributed by atoms with Crippen molar-refractivity contribution in [1.29, 1.82) is 0 Å². The predicted molar refractivity (Wildman–Crippen MR) is 185 cm³/mol. The van der Waals surface area contributed by atoms with E-state index >= 15 is 0 Å². The lowest BCUT2D eigenvalue weighted by Crippen LogP contribution is -2.54. The van der Waals surface area contributed by atoms with E-state index in [-0.39, 0.29) is 35.3 Å². The number of benzene rings is 4. The van der Waals surface area contributed by atoms with Gasteiger partial charge in [0, 0.05) is 40.7 Å². The fourth-order valence-corrected chi connectivity index (χ4v) is 6.97. The molecule has 1 atom stereocenters. The minimum Gasteiger partial charge on any atom is -0.497 e. The highest BCUT2D eigenvalue weighted by Crippen LogP contribution is 2.36. The maximum Gasteiger partial charge on any atom is 0.264 e. The van der Waals surface area contributed by atoms with Gasteiger partial charge in [-0.15, -0.1) is 0 Å². The number of rotatable bonds is 14. The standard InChI is InChI=1S/C35H37Cl2N3O6S/c1-24(2)38-35(42)32(20-25-12-7-5-8-13-25)39(22-28-29(36)16-11-17-30(28)37)34(41)23-40(47(43,44)27-14-9-6-10-15-27)31-21-26(45-3)18-19-33(31)46-4/h5-19,21,24,32H,20,22-23H2,1-4H3,(H,38,42)/t32-/m0/s1. The quantitative estimate of drug-likeness (QED) is 0.164. The number of halogens is 2. The average molecular weight is 699 g/mol. The number of hydrogen-bond acceptors (Lipinski definition) is 6. The van der Waals surface area contributed by atoms with E-state index in [1.165, 1.54) is 37.3 Å². The molecule has 47 heavy (non-hydrogen) atoms. The van der Waals surface area contributed by atoms with Gasteiger partial charge < -0.3 is 19.7 Å². The third kappa shape index (κ3) is 8.77. The molecule has 0 aliphatic rings. The van der Waals surface area contributed by atoms with Gasteiger partial charge in [0.15, 0.2) is 0 Å². The molecule has 2 amide bonds. The van der Waals surface area contributed by atoms with Crippen molar-refractivity contribution in [3.05, 3.63) is 118 Å². The van der Waals surface area contributed by atoms with Gasteiger partial charge in [0.25, 0.3) is 10.0 Å². The maximum atomic E-state index is 14.7. The highest BCUT2D eigenvalue weighted by Gasteiger charge is 2.36. The first-order valence-corrected chi connectivity index (χ1v) is 17.0. The zero-order valence-corrected chi connectivity index (χ0v) is 28.9. The molecule has 0 aromatic heterocycles. The SMILES string of the molecule is COc1ccc(OC)c(N(CC(=O)N(Cc2c(Cl)cccc2Cl)[C@@H](Cc2ccccc2)C(=O)NC(C)C)S(=O)(=O)c2ccccc2)c1. The maximum absolute atomic E-state index is 14.7. The number of carbonyl (C=O) groups excluding carboxylic acids is 2. The first kappa shape index (κ1) is 35.6. The van der Waals surface area contributed by atoms with Crippen molar-refractivity contribution in [1.82, 2.24) is 10.2 Å². The van der Waals surface area contributed by atoms with Gasteiger partial charge in [0.2, 0.25) is 11.8 Å². The summed E-state index contributed by atoms with van der Waals surface area (Å²) in [5, 5.41) is 3.51. The molecule has 0 saturated carbocycles. The normalized spacial score (nSPS) is 11.9. The van der Waals surface area contributed by atoms with Crippen LogP contribution in [0.5, 0.6) is 11.5 Å². The Morgan fingerprint density at radius 1 is 0.830 bits per heavy atom. The van der Waals surface area contributed by atoms with Crippen LogP contribution in [0.25, 0.3) is 0 Å². The second-order valence-corrected chi connectivity index (χ2v) is 13.6. The van der Waals surface area contributed by atoms with Gasteiger partial charge >= 0.3 is 0 Å². The summed E-state index contributed by atoms with van der Waals surface area (Å²) in [6.45, 7) is 2.77. The molecule has 0 aliphatic heterocycles. The number of sulfonamides is 1. The van der Waals surface area contributed by atoms with Crippen molar-refractivity contribution in [3.63, 3.8) is 0 Å². The molecule has 4 aromatic rings. The number of nitrogens with zero attached hydrogens (tertiary/aromatic N) is 2. The predicted octanol–water partition coefficient (Wildman–Crippen LogP) is 6.37. The zero-order chi connectivity index (χ0) is 34.1. The summed E-state index contributed by atoms with van der Waals surface area (Å²) in [6.07, 6.45) is 0.140. The summed E-state index contributed by atoms with van der Waals surface area (Å²) in [4.78, 5) is 29.9. The fraction of sp³-hybridized carbons (Fsp3) is 0.257. The first-order chi connectivity index (χ1) is 22.5. The van der Waals surface area contributed by atoms with E-state index in [9.17, 15) is 18.0 Å². The molecule has 0 radical (unpaired) electrons. The van der Waals surface area contributed by atoms with Crippen LogP contribution in [0.2, 0.25) is 10.0 Å². The number of methoxy groups -OCH3 is 2. The molecule has 0 spiro atoms. The van der Waals surface area contributed by atoms with Crippen molar-refractivity contribution in [3.8, 4) is 11.5 Å². The molecule has 0 unspecified atom stereocenters. The van der Waals surface area contributed by atoms with Gasteiger partial charge in [-0.2, -0.15) is 0 Å². The Morgan fingerprint density at radius 2 is 1.45 bits per heavy atom. The summed E-state index contributed by atoms with van der Waals surface area (Å²) >= 11 is 13.1.